The van der Waals surface area contributed by atoms with Crippen LogP contribution in [0.5, 0.6) is 5.75 Å². The van der Waals surface area contributed by atoms with Gasteiger partial charge in [-0.1, -0.05) is 30.7 Å². The summed E-state index contributed by atoms with van der Waals surface area (Å²) >= 11 is 0. The molecule has 0 amide bonds. The van der Waals surface area contributed by atoms with Crippen LogP contribution < -0.4 is 9.64 Å². The molecule has 6 nitrogen and oxygen atoms in total. The van der Waals surface area contributed by atoms with Crippen LogP contribution in [0.4, 0.5) is 18.9 Å². The van der Waals surface area contributed by atoms with E-state index in [1.54, 1.807) is 0 Å². The van der Waals surface area contributed by atoms with Crippen LogP contribution >= 0.6 is 0 Å². The fraction of sp³-hybridized carbons (Fsp3) is 0.552. The van der Waals surface area contributed by atoms with Crippen LogP contribution in [-0.2, 0) is 15.1 Å². The quantitative estimate of drug-likeness (QED) is 0.448. The maximum atomic E-state index is 10.6. The zero-order chi connectivity index (χ0) is 27.2. The second kappa shape index (κ2) is 12.4. The Kier molecular flexibility index (Phi) is 9.20. The van der Waals surface area contributed by atoms with Gasteiger partial charge in [0.1, 0.15) is 5.75 Å². The number of ether oxygens (including phenoxy) is 2. The van der Waals surface area contributed by atoms with E-state index in [9.17, 15) is 13.2 Å². The van der Waals surface area contributed by atoms with Crippen molar-refractivity contribution >= 4 is 11.7 Å². The Morgan fingerprint density at radius 3 is 2.29 bits per heavy atom. The molecular weight excluding hydrogens is 497 g/mol. The first-order valence-electron chi connectivity index (χ1n) is 13.5. The van der Waals surface area contributed by atoms with Gasteiger partial charge in [0, 0.05) is 25.3 Å². The van der Waals surface area contributed by atoms with Crippen molar-refractivity contribution in [2.45, 2.75) is 63.3 Å². The third-order valence-electron chi connectivity index (χ3n) is 7.64. The van der Waals surface area contributed by atoms with Gasteiger partial charge >= 0.3 is 12.1 Å². The zero-order valence-corrected chi connectivity index (χ0v) is 21.9. The number of alkyl halides is 3. The summed E-state index contributed by atoms with van der Waals surface area (Å²) in [5, 5.41) is 7.12. The Hall–Kier alpha value is -2.78. The number of aliphatic carboxylic acids is 1. The summed E-state index contributed by atoms with van der Waals surface area (Å²) < 4.78 is 44.2. The Labute approximate surface area is 222 Å². The van der Waals surface area contributed by atoms with Gasteiger partial charge in [0.05, 0.1) is 18.3 Å². The van der Waals surface area contributed by atoms with Crippen LogP contribution in [0.25, 0.3) is 0 Å². The van der Waals surface area contributed by atoms with Crippen molar-refractivity contribution in [3.63, 3.8) is 0 Å². The molecule has 5 rings (SSSR count). The first-order chi connectivity index (χ1) is 18.2. The summed E-state index contributed by atoms with van der Waals surface area (Å²) in [6.07, 6.45) is 2.43. The van der Waals surface area contributed by atoms with Crippen molar-refractivity contribution in [1.82, 2.24) is 4.90 Å². The number of anilines is 1. The molecule has 38 heavy (non-hydrogen) atoms. The third kappa shape index (κ3) is 6.99. The van der Waals surface area contributed by atoms with Gasteiger partial charge in [-0.25, -0.2) is 4.79 Å². The lowest BCUT2D eigenvalue weighted by Gasteiger charge is -2.40. The number of nitrogens with zero attached hydrogens (tertiary/aromatic N) is 2. The fourth-order valence-corrected chi connectivity index (χ4v) is 5.66. The van der Waals surface area contributed by atoms with Gasteiger partial charge in [0.15, 0.2) is 0 Å². The number of carboxylic acids is 1. The molecule has 2 fully saturated rings. The predicted octanol–water partition coefficient (Wildman–Crippen LogP) is 6.16. The summed E-state index contributed by atoms with van der Waals surface area (Å²) in [6, 6.07) is 17.5. The number of carbonyl (C=O) groups is 1. The molecule has 2 aromatic rings. The maximum absolute atomic E-state index is 10.6. The monoisotopic (exact) mass is 534 g/mol. The van der Waals surface area contributed by atoms with Gasteiger partial charge in [-0.3, -0.25) is 0 Å². The van der Waals surface area contributed by atoms with E-state index < -0.39 is 12.1 Å². The molecule has 3 heterocycles. The number of rotatable bonds is 6. The van der Waals surface area contributed by atoms with Crippen LogP contribution in [0, 0.1) is 0 Å². The zero-order valence-electron chi connectivity index (χ0n) is 21.9. The molecule has 0 aromatic heterocycles. The van der Waals surface area contributed by atoms with Crippen molar-refractivity contribution in [1.29, 1.82) is 0 Å². The van der Waals surface area contributed by atoms with E-state index in [0.29, 0.717) is 0 Å². The molecule has 208 valence electrons. The highest BCUT2D eigenvalue weighted by Gasteiger charge is 2.45. The van der Waals surface area contributed by atoms with Gasteiger partial charge in [-0.2, -0.15) is 13.2 Å². The maximum Gasteiger partial charge on any atom is 0.490 e. The summed E-state index contributed by atoms with van der Waals surface area (Å²) in [4.78, 5) is 14.0. The van der Waals surface area contributed by atoms with E-state index in [1.165, 1.54) is 49.2 Å². The number of fused-ring (bicyclic) bond motifs is 2. The molecule has 9 heteroatoms. The Morgan fingerprint density at radius 2 is 1.66 bits per heavy atom. The number of hydrogen-bond donors (Lipinski definition) is 1. The standard InChI is InChI=1S/C27H36N2O2.C2HF3O2/c1-22-25-8-3-4-9-26(25)27(31-22)14-19-29(20-15-27)23-10-12-24(13-11-23)30-21-7-18-28-16-5-2-6-17-28;3-2(4,5)1(6)7/h3-4,8-13,22H,2,5-7,14-21H2,1H3;(H,6,7). The summed E-state index contributed by atoms with van der Waals surface area (Å²) in [5.74, 6) is -1.77. The van der Waals surface area contributed by atoms with Crippen molar-refractivity contribution in [2.75, 3.05) is 44.2 Å². The van der Waals surface area contributed by atoms with Gasteiger partial charge < -0.3 is 24.4 Å². The fourth-order valence-electron chi connectivity index (χ4n) is 5.66. The molecule has 1 spiro atoms. The molecule has 2 aromatic carbocycles. The number of piperidine rings is 2. The first kappa shape index (κ1) is 28.2. The Balaban J connectivity index is 0.000000426. The molecule has 0 saturated carbocycles. The lowest BCUT2D eigenvalue weighted by atomic mass is 9.83. The van der Waals surface area contributed by atoms with Crippen molar-refractivity contribution in [3.05, 3.63) is 59.7 Å². The van der Waals surface area contributed by atoms with Crippen LogP contribution in [0.3, 0.4) is 0 Å². The lowest BCUT2D eigenvalue weighted by molar-refractivity contribution is -0.192. The van der Waals surface area contributed by atoms with E-state index >= 15 is 0 Å². The van der Waals surface area contributed by atoms with E-state index in [1.807, 2.05) is 0 Å². The van der Waals surface area contributed by atoms with Crippen molar-refractivity contribution in [3.8, 4) is 5.75 Å². The second-order valence-corrected chi connectivity index (χ2v) is 10.2. The highest BCUT2D eigenvalue weighted by molar-refractivity contribution is 5.73. The largest absolute Gasteiger partial charge is 0.494 e. The molecular formula is C29H37F3N2O4. The number of likely N-dealkylation sites (tertiary alicyclic amines) is 1. The minimum atomic E-state index is -5.08. The minimum absolute atomic E-state index is 0.0933. The number of benzene rings is 2. The normalized spacial score (nSPS) is 20.9. The molecule has 3 aliphatic heterocycles. The minimum Gasteiger partial charge on any atom is -0.494 e. The molecule has 1 unspecified atom stereocenters. The van der Waals surface area contributed by atoms with E-state index in [0.717, 1.165) is 51.3 Å². The molecule has 0 bridgehead atoms. The highest BCUT2D eigenvalue weighted by Crippen LogP contribution is 2.49. The second-order valence-electron chi connectivity index (χ2n) is 10.2. The van der Waals surface area contributed by atoms with Crippen LogP contribution in [-0.4, -0.2) is 61.5 Å². The van der Waals surface area contributed by atoms with Crippen molar-refractivity contribution in [2.24, 2.45) is 0 Å². The predicted molar refractivity (Wildman–Crippen MR) is 140 cm³/mol. The molecule has 3 aliphatic rings. The average Bonchev–Trinajstić information content (AvgIpc) is 3.19. The Bertz CT molecular complexity index is 1050. The van der Waals surface area contributed by atoms with Crippen LogP contribution in [0.1, 0.15) is 62.7 Å². The third-order valence-corrected chi connectivity index (χ3v) is 7.64. The van der Waals surface area contributed by atoms with Gasteiger partial charge in [-0.15, -0.1) is 0 Å². The smallest absolute Gasteiger partial charge is 0.490 e. The number of carboxylic acid groups (broad SMARTS) is 1. The summed E-state index contributed by atoms with van der Waals surface area (Å²) in [5.41, 5.74) is 3.98. The van der Waals surface area contributed by atoms with Gasteiger partial charge in [-0.05, 0) is 87.5 Å². The number of hydrogen-bond acceptors (Lipinski definition) is 5. The summed E-state index contributed by atoms with van der Waals surface area (Å²) in [7, 11) is 0. The Morgan fingerprint density at radius 1 is 1.03 bits per heavy atom. The molecule has 0 aliphatic carbocycles. The van der Waals surface area contributed by atoms with Gasteiger partial charge in [0.2, 0.25) is 0 Å². The average molecular weight is 535 g/mol. The van der Waals surface area contributed by atoms with Crippen molar-refractivity contribution < 1.29 is 32.5 Å². The first-order valence-corrected chi connectivity index (χ1v) is 13.5. The lowest BCUT2D eigenvalue weighted by Crippen LogP contribution is -2.42. The molecule has 0 radical (unpaired) electrons. The van der Waals surface area contributed by atoms with Gasteiger partial charge in [0.25, 0.3) is 0 Å². The van der Waals surface area contributed by atoms with E-state index in [4.69, 9.17) is 19.4 Å². The van der Waals surface area contributed by atoms with E-state index in [2.05, 4.69) is 65.3 Å². The van der Waals surface area contributed by atoms with E-state index in [-0.39, 0.29) is 11.7 Å². The number of halogens is 3. The SMILES string of the molecule is CC1OC2(CCN(c3ccc(OCCCN4CCCCC4)cc3)CC2)c2ccccc21.O=C(O)C(F)(F)F. The molecule has 1 atom stereocenters. The summed E-state index contributed by atoms with van der Waals surface area (Å²) in [6.45, 7) is 8.73. The van der Waals surface area contributed by atoms with Crippen LogP contribution in [0.15, 0.2) is 48.5 Å². The van der Waals surface area contributed by atoms with Crippen LogP contribution in [0.2, 0.25) is 0 Å². The molecule has 1 N–H and O–H groups in total. The highest BCUT2D eigenvalue weighted by atomic mass is 19.4. The topological polar surface area (TPSA) is 62.2 Å². The molecule has 2 saturated heterocycles.